The molecule has 0 saturated heterocycles. The van der Waals surface area contributed by atoms with E-state index in [4.69, 9.17) is 9.47 Å². The molecule has 0 spiro atoms. The molecular formula is C39H44N2O5. The number of amides is 1. The summed E-state index contributed by atoms with van der Waals surface area (Å²) in [5.74, 6) is 0.303. The largest absolute Gasteiger partial charge is 0.494 e. The monoisotopic (exact) mass is 620 g/mol. The van der Waals surface area contributed by atoms with Crippen LogP contribution in [0.25, 0.3) is 0 Å². The fourth-order valence-corrected chi connectivity index (χ4v) is 5.29. The number of nitrogens with zero attached hydrogens (tertiary/aromatic N) is 1. The van der Waals surface area contributed by atoms with E-state index in [2.05, 4.69) is 12.2 Å². The highest BCUT2D eigenvalue weighted by molar-refractivity contribution is 6.12. The lowest BCUT2D eigenvalue weighted by Gasteiger charge is -2.23. The van der Waals surface area contributed by atoms with E-state index in [0.717, 1.165) is 36.9 Å². The molecule has 240 valence electrons. The lowest BCUT2D eigenvalue weighted by atomic mass is 10.00. The number of methoxy groups -OCH3 is 1. The summed E-state index contributed by atoms with van der Waals surface area (Å²) in [5, 5.41) is 3.25. The van der Waals surface area contributed by atoms with Crippen molar-refractivity contribution in [2.24, 2.45) is 0 Å². The first-order valence-corrected chi connectivity index (χ1v) is 16.1. The molecule has 1 N–H and O–H groups in total. The second-order valence-electron chi connectivity index (χ2n) is 11.2. The number of anilines is 2. The van der Waals surface area contributed by atoms with Crippen LogP contribution in [0.3, 0.4) is 0 Å². The zero-order chi connectivity index (χ0) is 32.6. The van der Waals surface area contributed by atoms with E-state index in [-0.39, 0.29) is 11.7 Å². The molecule has 4 rings (SSSR count). The van der Waals surface area contributed by atoms with Gasteiger partial charge in [-0.25, -0.2) is 4.79 Å². The number of rotatable bonds is 18. The zero-order valence-electron chi connectivity index (χ0n) is 26.8. The van der Waals surface area contributed by atoms with Gasteiger partial charge in [0.2, 0.25) is 5.91 Å². The minimum absolute atomic E-state index is 0.128. The van der Waals surface area contributed by atoms with Crippen LogP contribution in [-0.2, 0) is 20.7 Å². The Kier molecular flexibility index (Phi) is 13.4. The van der Waals surface area contributed by atoms with Gasteiger partial charge in [-0.2, -0.15) is 0 Å². The fraction of sp³-hybridized carbons (Fsp3) is 0.308. The van der Waals surface area contributed by atoms with Gasteiger partial charge in [-0.05, 0) is 54.8 Å². The Labute approximate surface area is 272 Å². The van der Waals surface area contributed by atoms with Gasteiger partial charge in [0.15, 0.2) is 5.78 Å². The van der Waals surface area contributed by atoms with E-state index >= 15 is 0 Å². The maximum absolute atomic E-state index is 13.2. The Balaban J connectivity index is 1.34. The Bertz CT molecular complexity index is 1520. The number of carbonyl (C=O) groups excluding carboxylic acids is 3. The predicted molar refractivity (Wildman–Crippen MR) is 184 cm³/mol. The average molecular weight is 621 g/mol. The molecule has 7 nitrogen and oxygen atoms in total. The smallest absolute Gasteiger partial charge is 0.328 e. The molecule has 46 heavy (non-hydrogen) atoms. The second-order valence-corrected chi connectivity index (χ2v) is 11.2. The van der Waals surface area contributed by atoms with Gasteiger partial charge in [-0.1, -0.05) is 99.0 Å². The molecule has 0 unspecified atom stereocenters. The van der Waals surface area contributed by atoms with Crippen LogP contribution in [0.4, 0.5) is 11.4 Å². The molecule has 4 aromatic carbocycles. The van der Waals surface area contributed by atoms with Gasteiger partial charge in [0, 0.05) is 41.9 Å². The normalized spacial score (nSPS) is 11.3. The number of nitrogens with one attached hydrogen (secondary N) is 1. The van der Waals surface area contributed by atoms with E-state index < -0.39 is 12.0 Å². The summed E-state index contributed by atoms with van der Waals surface area (Å²) in [6.07, 6.45) is 5.86. The lowest BCUT2D eigenvalue weighted by molar-refractivity contribution is -0.141. The third-order valence-corrected chi connectivity index (χ3v) is 7.79. The van der Waals surface area contributed by atoms with Gasteiger partial charge in [0.1, 0.15) is 11.8 Å². The lowest BCUT2D eigenvalue weighted by Crippen LogP contribution is -2.33. The Hall–Kier alpha value is -4.91. The van der Waals surface area contributed by atoms with Crippen LogP contribution >= 0.6 is 0 Å². The Morgan fingerprint density at radius 1 is 0.761 bits per heavy atom. The van der Waals surface area contributed by atoms with E-state index in [1.54, 1.807) is 30.3 Å². The topological polar surface area (TPSA) is 84.9 Å². The maximum Gasteiger partial charge on any atom is 0.328 e. The number of hydrogen-bond donors (Lipinski definition) is 1. The number of ether oxygens (including phenoxy) is 2. The number of esters is 1. The van der Waals surface area contributed by atoms with Gasteiger partial charge in [-0.15, -0.1) is 0 Å². The molecule has 0 aliphatic heterocycles. The standard InChI is InChI=1S/C39H44N2O5/c1-3-4-5-12-22-37(42)41(32-18-10-7-11-19-32)27-15-28-46-33-25-23-30(24-26-33)29-36(39(44)45-2)40-35-21-14-13-20-34(35)38(43)31-16-8-6-9-17-31/h6-11,13-14,16-21,23-26,36,40H,3-5,12,15,22,27-29H2,1-2H3/t36-/m0/s1. The van der Waals surface area contributed by atoms with Crippen molar-refractivity contribution in [1.82, 2.24) is 0 Å². The summed E-state index contributed by atoms with van der Waals surface area (Å²) in [6, 6.07) is 32.9. The molecule has 0 bridgehead atoms. The first kappa shape index (κ1) is 34.0. The number of carbonyl (C=O) groups is 3. The van der Waals surface area contributed by atoms with Gasteiger partial charge >= 0.3 is 5.97 Å². The second kappa shape index (κ2) is 18.2. The predicted octanol–water partition coefficient (Wildman–Crippen LogP) is 7.89. The van der Waals surface area contributed by atoms with E-state index in [1.807, 2.05) is 83.8 Å². The average Bonchev–Trinajstić information content (AvgIpc) is 3.10. The van der Waals surface area contributed by atoms with Gasteiger partial charge < -0.3 is 19.7 Å². The Morgan fingerprint density at radius 2 is 1.43 bits per heavy atom. The number of benzene rings is 4. The first-order chi connectivity index (χ1) is 22.5. The van der Waals surface area contributed by atoms with Crippen molar-refractivity contribution in [3.05, 3.63) is 126 Å². The van der Waals surface area contributed by atoms with Crippen LogP contribution in [0.2, 0.25) is 0 Å². The summed E-state index contributed by atoms with van der Waals surface area (Å²) in [6.45, 7) is 3.21. The van der Waals surface area contributed by atoms with E-state index in [9.17, 15) is 14.4 Å². The van der Waals surface area contributed by atoms with E-state index in [0.29, 0.717) is 55.0 Å². The molecule has 1 atom stereocenters. The third-order valence-electron chi connectivity index (χ3n) is 7.79. The van der Waals surface area contributed by atoms with Crippen molar-refractivity contribution in [2.45, 2.75) is 57.9 Å². The zero-order valence-corrected chi connectivity index (χ0v) is 26.8. The molecule has 4 aromatic rings. The van der Waals surface area contributed by atoms with Crippen LogP contribution in [0.5, 0.6) is 5.75 Å². The summed E-state index contributed by atoms with van der Waals surface area (Å²) in [7, 11) is 1.36. The molecule has 0 radical (unpaired) electrons. The molecule has 1 amide bonds. The number of ketones is 1. The molecule has 0 heterocycles. The molecule has 0 aliphatic carbocycles. The summed E-state index contributed by atoms with van der Waals surface area (Å²) < 4.78 is 11.1. The van der Waals surface area contributed by atoms with Crippen molar-refractivity contribution in [3.8, 4) is 5.75 Å². The first-order valence-electron chi connectivity index (χ1n) is 16.1. The van der Waals surface area contributed by atoms with Crippen LogP contribution < -0.4 is 15.0 Å². The highest BCUT2D eigenvalue weighted by Crippen LogP contribution is 2.23. The van der Waals surface area contributed by atoms with Crippen molar-refractivity contribution in [2.75, 3.05) is 30.5 Å². The van der Waals surface area contributed by atoms with Gasteiger partial charge in [0.25, 0.3) is 0 Å². The molecule has 0 aliphatic rings. The number of hydrogen-bond acceptors (Lipinski definition) is 6. The molecule has 0 aromatic heterocycles. The highest BCUT2D eigenvalue weighted by Gasteiger charge is 2.23. The van der Waals surface area contributed by atoms with E-state index in [1.165, 1.54) is 7.11 Å². The van der Waals surface area contributed by atoms with Crippen molar-refractivity contribution in [1.29, 1.82) is 0 Å². The number of unbranched alkanes of at least 4 members (excludes halogenated alkanes) is 3. The van der Waals surface area contributed by atoms with Crippen LogP contribution in [0, 0.1) is 0 Å². The third kappa shape index (κ3) is 10.1. The minimum Gasteiger partial charge on any atom is -0.494 e. The molecule has 7 heteroatoms. The van der Waals surface area contributed by atoms with Crippen LogP contribution in [0.15, 0.2) is 109 Å². The maximum atomic E-state index is 13.2. The van der Waals surface area contributed by atoms with Crippen molar-refractivity contribution in [3.63, 3.8) is 0 Å². The minimum atomic E-state index is -0.704. The summed E-state index contributed by atoms with van der Waals surface area (Å²) in [5.41, 5.74) is 3.44. The highest BCUT2D eigenvalue weighted by atomic mass is 16.5. The fourth-order valence-electron chi connectivity index (χ4n) is 5.29. The molecule has 0 fully saturated rings. The van der Waals surface area contributed by atoms with Gasteiger partial charge in [-0.3, -0.25) is 9.59 Å². The molecular weight excluding hydrogens is 576 g/mol. The summed E-state index contributed by atoms with van der Waals surface area (Å²) >= 11 is 0. The van der Waals surface area contributed by atoms with Crippen LogP contribution in [-0.4, -0.2) is 44.0 Å². The Morgan fingerprint density at radius 3 is 2.13 bits per heavy atom. The summed E-state index contributed by atoms with van der Waals surface area (Å²) in [4.78, 5) is 40.9. The number of para-hydroxylation sites is 2. The SMILES string of the molecule is CCCCCCC(=O)N(CCCOc1ccc(C[C@H](Nc2ccccc2C(=O)c2ccccc2)C(=O)OC)cc1)c1ccccc1. The van der Waals surface area contributed by atoms with Crippen molar-refractivity contribution >= 4 is 29.0 Å². The van der Waals surface area contributed by atoms with Crippen LogP contribution in [0.1, 0.15) is 66.9 Å². The van der Waals surface area contributed by atoms with Crippen molar-refractivity contribution < 1.29 is 23.9 Å². The van der Waals surface area contributed by atoms with Gasteiger partial charge in [0.05, 0.1) is 13.7 Å². The molecule has 0 saturated carbocycles. The quantitative estimate of drug-likeness (QED) is 0.0692.